The Morgan fingerprint density at radius 2 is 2.00 bits per heavy atom. The van der Waals surface area contributed by atoms with Crippen LogP contribution in [0.2, 0.25) is 0 Å². The van der Waals surface area contributed by atoms with E-state index < -0.39 is 11.9 Å². The predicted molar refractivity (Wildman–Crippen MR) is 149 cm³/mol. The van der Waals surface area contributed by atoms with Gasteiger partial charge in [-0.25, -0.2) is 9.97 Å². The molecule has 10 nitrogen and oxygen atoms in total. The minimum absolute atomic E-state index is 0.0560. The second-order valence-electron chi connectivity index (χ2n) is 11.5. The van der Waals surface area contributed by atoms with Crippen molar-refractivity contribution in [1.82, 2.24) is 25.1 Å². The minimum Gasteiger partial charge on any atom is -0.489 e. The van der Waals surface area contributed by atoms with E-state index in [1.165, 1.54) is 5.56 Å². The Hall–Kier alpha value is -3.89. The fraction of sp³-hybridized carbons (Fsp3) is 0.452. The van der Waals surface area contributed by atoms with E-state index in [2.05, 4.69) is 33.4 Å². The Morgan fingerprint density at radius 1 is 1.07 bits per heavy atom. The van der Waals surface area contributed by atoms with Crippen LogP contribution in [0.4, 0.5) is 0 Å². The van der Waals surface area contributed by atoms with Crippen molar-refractivity contribution in [3.05, 3.63) is 65.1 Å². The summed E-state index contributed by atoms with van der Waals surface area (Å²) in [6.07, 6.45) is 5.64. The van der Waals surface area contributed by atoms with Crippen LogP contribution in [0.5, 0.6) is 5.75 Å². The van der Waals surface area contributed by atoms with Gasteiger partial charge in [0.15, 0.2) is 0 Å². The smallest absolute Gasteiger partial charge is 0.255 e. The summed E-state index contributed by atoms with van der Waals surface area (Å²) in [7, 11) is 0. The summed E-state index contributed by atoms with van der Waals surface area (Å²) >= 11 is 0. The summed E-state index contributed by atoms with van der Waals surface area (Å²) in [5.74, 6) is 1.03. The van der Waals surface area contributed by atoms with E-state index in [0.717, 1.165) is 73.5 Å². The number of fused-ring (bicyclic) bond motifs is 2. The second-order valence-corrected chi connectivity index (χ2v) is 11.5. The first-order valence-electron chi connectivity index (χ1n) is 14.5. The fourth-order valence-electron chi connectivity index (χ4n) is 6.45. The molecule has 0 saturated carbocycles. The van der Waals surface area contributed by atoms with E-state index in [-0.39, 0.29) is 30.3 Å². The van der Waals surface area contributed by atoms with Crippen LogP contribution in [-0.4, -0.2) is 75.9 Å². The molecule has 212 valence electrons. The molecule has 4 aliphatic rings. The number of rotatable bonds is 6. The summed E-state index contributed by atoms with van der Waals surface area (Å²) in [5, 5.41) is 3.40. The molecule has 1 aromatic heterocycles. The van der Waals surface area contributed by atoms with Gasteiger partial charge in [-0.1, -0.05) is 6.07 Å². The first kappa shape index (κ1) is 26.0. The Balaban J connectivity index is 0.960. The number of ether oxygens (including phenoxy) is 2. The van der Waals surface area contributed by atoms with Crippen molar-refractivity contribution < 1.29 is 23.9 Å². The normalized spacial score (nSPS) is 25.0. The van der Waals surface area contributed by atoms with Gasteiger partial charge in [0, 0.05) is 62.3 Å². The Morgan fingerprint density at radius 3 is 2.85 bits per heavy atom. The number of hydrogen-bond donors (Lipinski definition) is 1. The maximum absolute atomic E-state index is 13.0. The number of piperidine rings is 1. The van der Waals surface area contributed by atoms with E-state index >= 15 is 0 Å². The third kappa shape index (κ3) is 5.29. The minimum atomic E-state index is -0.615. The number of amides is 3. The van der Waals surface area contributed by atoms with Crippen LogP contribution in [0.25, 0.3) is 10.9 Å². The lowest BCUT2D eigenvalue weighted by Crippen LogP contribution is -2.52. The largest absolute Gasteiger partial charge is 0.489 e. The standard InChI is InChI=1S/C31H33N5O5/c37-28-8-7-27(30(38)34-28)36-16-22-13-23(4-5-25(22)31(36)39)41-24-9-10-35(17-24)15-19-3-6-26-21(12-19)14-32-29(33-26)20-2-1-11-40-18-20/h3-6,12-14,20,24,27H,1-2,7-11,15-18H2,(H,34,37,38)/t20-,24+,27?/m1/s1. The van der Waals surface area contributed by atoms with E-state index in [0.29, 0.717) is 25.1 Å². The molecule has 5 heterocycles. The molecule has 3 atom stereocenters. The summed E-state index contributed by atoms with van der Waals surface area (Å²) < 4.78 is 11.9. The highest BCUT2D eigenvalue weighted by Gasteiger charge is 2.39. The number of nitrogens with zero attached hydrogens (tertiary/aromatic N) is 4. The molecule has 4 aliphatic heterocycles. The number of nitrogens with one attached hydrogen (secondary N) is 1. The molecular formula is C31H33N5O5. The van der Waals surface area contributed by atoms with Crippen LogP contribution in [0, 0.1) is 0 Å². The fourth-order valence-corrected chi connectivity index (χ4v) is 6.45. The first-order valence-corrected chi connectivity index (χ1v) is 14.5. The summed E-state index contributed by atoms with van der Waals surface area (Å²) in [6.45, 7) is 4.45. The lowest BCUT2D eigenvalue weighted by molar-refractivity contribution is -0.136. The highest BCUT2D eigenvalue weighted by Crippen LogP contribution is 2.31. The van der Waals surface area contributed by atoms with Crippen molar-refractivity contribution in [2.75, 3.05) is 26.3 Å². The number of carbonyl (C=O) groups is 3. The summed E-state index contributed by atoms with van der Waals surface area (Å²) in [6, 6.07) is 11.3. The Bertz CT molecular complexity index is 1520. The molecular weight excluding hydrogens is 522 g/mol. The maximum Gasteiger partial charge on any atom is 0.255 e. The number of benzene rings is 2. The van der Waals surface area contributed by atoms with Crippen molar-refractivity contribution >= 4 is 28.6 Å². The van der Waals surface area contributed by atoms with Gasteiger partial charge in [0.1, 0.15) is 23.7 Å². The van der Waals surface area contributed by atoms with Gasteiger partial charge >= 0.3 is 0 Å². The number of imide groups is 1. The van der Waals surface area contributed by atoms with Crippen molar-refractivity contribution in [3.63, 3.8) is 0 Å². The first-order chi connectivity index (χ1) is 20.0. The van der Waals surface area contributed by atoms with Crippen molar-refractivity contribution in [1.29, 1.82) is 0 Å². The maximum atomic E-state index is 13.0. The van der Waals surface area contributed by atoms with Gasteiger partial charge in [-0.05, 0) is 67.1 Å². The topological polar surface area (TPSA) is 114 Å². The summed E-state index contributed by atoms with van der Waals surface area (Å²) in [4.78, 5) is 50.2. The lowest BCUT2D eigenvalue weighted by Gasteiger charge is -2.29. The number of hydrogen-bond acceptors (Lipinski definition) is 8. The van der Waals surface area contributed by atoms with Crippen molar-refractivity contribution in [2.45, 2.75) is 63.3 Å². The molecule has 3 amide bonds. The molecule has 41 heavy (non-hydrogen) atoms. The molecule has 10 heteroatoms. The van der Waals surface area contributed by atoms with E-state index in [1.54, 1.807) is 11.0 Å². The SMILES string of the molecule is O=C1CCC(N2Cc3cc(O[C@H]4CCN(Cc5ccc6nc([C@@H]7CCCOC7)ncc6c5)C4)ccc3C2=O)C(=O)N1. The van der Waals surface area contributed by atoms with Crippen LogP contribution in [0.15, 0.2) is 42.6 Å². The Kier molecular flexibility index (Phi) is 6.88. The van der Waals surface area contributed by atoms with Gasteiger partial charge in [-0.15, -0.1) is 0 Å². The average Bonchev–Trinajstić information content (AvgIpc) is 3.56. The van der Waals surface area contributed by atoms with Gasteiger partial charge in [-0.2, -0.15) is 0 Å². The lowest BCUT2D eigenvalue weighted by atomic mass is 10.0. The number of likely N-dealkylation sites (tertiary alicyclic amines) is 1. The van der Waals surface area contributed by atoms with Gasteiger partial charge in [0.25, 0.3) is 5.91 Å². The van der Waals surface area contributed by atoms with Crippen LogP contribution >= 0.6 is 0 Å². The Labute approximate surface area is 238 Å². The van der Waals surface area contributed by atoms with Crippen LogP contribution in [0.1, 0.15) is 65.3 Å². The molecule has 3 saturated heterocycles. The zero-order valence-electron chi connectivity index (χ0n) is 22.9. The zero-order valence-corrected chi connectivity index (χ0v) is 22.9. The molecule has 0 radical (unpaired) electrons. The number of carbonyl (C=O) groups excluding carboxylic acids is 3. The monoisotopic (exact) mass is 555 g/mol. The molecule has 3 aromatic rings. The van der Waals surface area contributed by atoms with Crippen LogP contribution in [0.3, 0.4) is 0 Å². The molecule has 2 aromatic carbocycles. The zero-order chi connectivity index (χ0) is 27.9. The van der Waals surface area contributed by atoms with Crippen LogP contribution < -0.4 is 10.1 Å². The van der Waals surface area contributed by atoms with Crippen molar-refractivity contribution in [2.24, 2.45) is 0 Å². The van der Waals surface area contributed by atoms with Crippen LogP contribution in [-0.2, 0) is 27.4 Å². The third-order valence-electron chi connectivity index (χ3n) is 8.62. The average molecular weight is 556 g/mol. The quantitative estimate of drug-likeness (QED) is 0.462. The molecule has 1 N–H and O–H groups in total. The molecule has 7 rings (SSSR count). The molecule has 3 fully saturated rings. The highest BCUT2D eigenvalue weighted by molar-refractivity contribution is 6.05. The molecule has 0 bridgehead atoms. The van der Waals surface area contributed by atoms with E-state index in [4.69, 9.17) is 14.5 Å². The van der Waals surface area contributed by atoms with Gasteiger partial charge in [0.2, 0.25) is 11.8 Å². The molecule has 1 unspecified atom stereocenters. The third-order valence-corrected chi connectivity index (χ3v) is 8.62. The molecule has 0 aliphatic carbocycles. The van der Waals surface area contributed by atoms with Gasteiger partial charge < -0.3 is 14.4 Å². The van der Waals surface area contributed by atoms with E-state index in [9.17, 15) is 14.4 Å². The van der Waals surface area contributed by atoms with Gasteiger partial charge in [-0.3, -0.25) is 24.6 Å². The second kappa shape index (κ2) is 10.8. The summed E-state index contributed by atoms with van der Waals surface area (Å²) in [5.41, 5.74) is 3.64. The van der Waals surface area contributed by atoms with E-state index in [1.807, 2.05) is 18.3 Å². The predicted octanol–water partition coefficient (Wildman–Crippen LogP) is 2.94. The van der Waals surface area contributed by atoms with Gasteiger partial charge in [0.05, 0.1) is 12.1 Å². The highest BCUT2D eigenvalue weighted by atomic mass is 16.5. The van der Waals surface area contributed by atoms with Crippen molar-refractivity contribution in [3.8, 4) is 5.75 Å². The number of aromatic nitrogens is 2. The molecule has 0 spiro atoms.